The molecule has 0 unspecified atom stereocenters. The van der Waals surface area contributed by atoms with Crippen LogP contribution in [0.1, 0.15) is 58.4 Å². The fourth-order valence-electron chi connectivity index (χ4n) is 2.64. The van der Waals surface area contributed by atoms with E-state index in [2.05, 4.69) is 10.6 Å². The van der Waals surface area contributed by atoms with Crippen LogP contribution in [0.2, 0.25) is 0 Å². The van der Waals surface area contributed by atoms with Crippen LogP contribution in [-0.2, 0) is 25.5 Å². The number of nitrogens with one attached hydrogen (secondary N) is 2. The molecule has 0 saturated heterocycles. The summed E-state index contributed by atoms with van der Waals surface area (Å²) in [6.07, 6.45) is 1.28. The van der Waals surface area contributed by atoms with Crippen molar-refractivity contribution >= 4 is 29.6 Å². The maximum atomic E-state index is 12.7. The number of hydrogen-bond acceptors (Lipinski definition) is 5. The minimum atomic E-state index is -0.994. The molecule has 0 aliphatic carbocycles. The summed E-state index contributed by atoms with van der Waals surface area (Å²) in [5.41, 5.74) is 5.92. The van der Waals surface area contributed by atoms with Crippen LogP contribution in [0.25, 0.3) is 0 Å². The van der Waals surface area contributed by atoms with Gasteiger partial charge in [-0.1, -0.05) is 12.1 Å². The molecule has 166 valence electrons. The van der Waals surface area contributed by atoms with Crippen molar-refractivity contribution in [1.29, 1.82) is 0 Å². The highest BCUT2D eigenvalue weighted by atomic mass is 16.6. The zero-order valence-corrected chi connectivity index (χ0v) is 17.7. The highest BCUT2D eigenvalue weighted by Crippen LogP contribution is 2.15. The van der Waals surface area contributed by atoms with Crippen LogP contribution in [0.5, 0.6) is 0 Å². The van der Waals surface area contributed by atoms with Gasteiger partial charge in [0, 0.05) is 18.5 Å². The number of carboxylic acids is 1. The lowest BCUT2D eigenvalue weighted by atomic mass is 10.1. The van der Waals surface area contributed by atoms with Crippen molar-refractivity contribution in [2.24, 2.45) is 5.73 Å². The van der Waals surface area contributed by atoms with Gasteiger partial charge in [0.25, 0.3) is 0 Å². The van der Waals surface area contributed by atoms with E-state index in [9.17, 15) is 19.2 Å². The first-order chi connectivity index (χ1) is 14.0. The number of nitrogens with two attached hydrogens (primary N) is 1. The maximum Gasteiger partial charge on any atom is 0.408 e. The number of aryl methyl sites for hydroxylation is 1. The first-order valence-electron chi connectivity index (χ1n) is 9.85. The monoisotopic (exact) mass is 421 g/mol. The Labute approximate surface area is 176 Å². The molecule has 0 aromatic heterocycles. The summed E-state index contributed by atoms with van der Waals surface area (Å²) in [5, 5.41) is 13.9. The third-order valence-corrected chi connectivity index (χ3v) is 3.99. The van der Waals surface area contributed by atoms with Crippen molar-refractivity contribution in [2.75, 3.05) is 5.32 Å². The van der Waals surface area contributed by atoms with E-state index in [0.29, 0.717) is 24.9 Å². The molecule has 0 aliphatic heterocycles. The van der Waals surface area contributed by atoms with Crippen molar-refractivity contribution in [2.45, 2.75) is 70.9 Å². The number of carbonyl (C=O) groups is 4. The number of amides is 3. The number of benzene rings is 1. The third kappa shape index (κ3) is 11.0. The van der Waals surface area contributed by atoms with Gasteiger partial charge < -0.3 is 26.2 Å². The normalized spacial score (nSPS) is 12.0. The van der Waals surface area contributed by atoms with Crippen LogP contribution in [0.4, 0.5) is 10.5 Å². The summed E-state index contributed by atoms with van der Waals surface area (Å²) in [4.78, 5) is 46.4. The zero-order valence-electron chi connectivity index (χ0n) is 17.7. The number of carbonyl (C=O) groups excluding carboxylic acids is 3. The number of alkyl carbamates (subject to hydrolysis) is 1. The summed E-state index contributed by atoms with van der Waals surface area (Å²) in [7, 11) is 0. The molecule has 1 aromatic carbocycles. The van der Waals surface area contributed by atoms with E-state index in [1.165, 1.54) is 0 Å². The summed E-state index contributed by atoms with van der Waals surface area (Å²) in [5.74, 6) is -1.90. The fraction of sp³-hybridized carbons (Fsp3) is 0.524. The molecular formula is C21H31N3O6. The molecular weight excluding hydrogens is 390 g/mol. The molecule has 0 radical (unpaired) electrons. The van der Waals surface area contributed by atoms with Gasteiger partial charge in [-0.3, -0.25) is 14.4 Å². The number of anilines is 1. The van der Waals surface area contributed by atoms with Gasteiger partial charge in [0.05, 0.1) is 0 Å². The number of hydrogen-bond donors (Lipinski definition) is 4. The smallest absolute Gasteiger partial charge is 0.408 e. The number of ether oxygens (including phenoxy) is 1. The van der Waals surface area contributed by atoms with Crippen molar-refractivity contribution in [3.8, 4) is 0 Å². The number of rotatable bonds is 11. The van der Waals surface area contributed by atoms with Gasteiger partial charge in [0.15, 0.2) is 0 Å². The fourth-order valence-corrected chi connectivity index (χ4v) is 2.64. The minimum Gasteiger partial charge on any atom is -0.481 e. The number of aliphatic carboxylic acids is 1. The van der Waals surface area contributed by atoms with Crippen molar-refractivity contribution in [3.63, 3.8) is 0 Å². The van der Waals surface area contributed by atoms with E-state index >= 15 is 0 Å². The number of unbranched alkanes of at least 4 members (excludes halogenated alkanes) is 1. The van der Waals surface area contributed by atoms with Crippen LogP contribution in [0, 0.1) is 0 Å². The second kappa shape index (κ2) is 11.8. The lowest BCUT2D eigenvalue weighted by Gasteiger charge is -2.23. The standard InChI is InChI=1S/C21H31N3O6/c1-21(2,3)30-20(29)24-16(11-12-17(22)25)19(28)23-15-9-6-8-14(13-15)7-4-5-10-18(26)27/h6,8-9,13,16H,4-5,7,10-12H2,1-3H3,(H2,22,25)(H,23,28)(H,24,29)(H,26,27)/t16-/m0/s1. The van der Waals surface area contributed by atoms with Crippen LogP contribution < -0.4 is 16.4 Å². The predicted molar refractivity (Wildman–Crippen MR) is 112 cm³/mol. The number of carboxylic acid groups (broad SMARTS) is 1. The van der Waals surface area contributed by atoms with Crippen molar-refractivity contribution < 1.29 is 29.0 Å². The van der Waals surface area contributed by atoms with E-state index in [4.69, 9.17) is 15.6 Å². The lowest BCUT2D eigenvalue weighted by molar-refractivity contribution is -0.137. The maximum absolute atomic E-state index is 12.7. The quantitative estimate of drug-likeness (QED) is 0.404. The molecule has 0 fully saturated rings. The van der Waals surface area contributed by atoms with Crippen LogP contribution in [0.3, 0.4) is 0 Å². The summed E-state index contributed by atoms with van der Waals surface area (Å²) >= 11 is 0. The third-order valence-electron chi connectivity index (χ3n) is 3.99. The van der Waals surface area contributed by atoms with Gasteiger partial charge in [-0.25, -0.2) is 4.79 Å². The second-order valence-corrected chi connectivity index (χ2v) is 7.99. The predicted octanol–water partition coefficient (Wildman–Crippen LogP) is 2.58. The van der Waals surface area contributed by atoms with Gasteiger partial charge in [0.1, 0.15) is 11.6 Å². The Hall–Kier alpha value is -3.10. The highest BCUT2D eigenvalue weighted by Gasteiger charge is 2.25. The first kappa shape index (κ1) is 24.9. The zero-order chi connectivity index (χ0) is 22.7. The Balaban J connectivity index is 2.74. The molecule has 0 spiro atoms. The van der Waals surface area contributed by atoms with Gasteiger partial charge in [-0.2, -0.15) is 0 Å². The Morgan fingerprint density at radius 3 is 2.43 bits per heavy atom. The van der Waals surface area contributed by atoms with E-state index in [1.54, 1.807) is 39.0 Å². The Morgan fingerprint density at radius 1 is 1.13 bits per heavy atom. The first-order valence-corrected chi connectivity index (χ1v) is 9.85. The molecule has 0 bridgehead atoms. The largest absolute Gasteiger partial charge is 0.481 e. The molecule has 30 heavy (non-hydrogen) atoms. The van der Waals surface area contributed by atoms with Gasteiger partial charge >= 0.3 is 12.1 Å². The molecule has 9 heteroatoms. The summed E-state index contributed by atoms with van der Waals surface area (Å²) in [6, 6.07) is 6.17. The topological polar surface area (TPSA) is 148 Å². The number of primary amides is 1. The SMILES string of the molecule is CC(C)(C)OC(=O)N[C@@H](CCC(N)=O)C(=O)Nc1cccc(CCCCC(=O)O)c1. The molecule has 0 aliphatic rings. The molecule has 1 aromatic rings. The summed E-state index contributed by atoms with van der Waals surface area (Å²) < 4.78 is 5.18. The Morgan fingerprint density at radius 2 is 1.83 bits per heavy atom. The van der Waals surface area contributed by atoms with Crippen molar-refractivity contribution in [1.82, 2.24) is 5.32 Å². The Bertz CT molecular complexity index is 757. The van der Waals surface area contributed by atoms with E-state index < -0.39 is 35.5 Å². The highest BCUT2D eigenvalue weighted by molar-refractivity contribution is 5.96. The average molecular weight is 421 g/mol. The van der Waals surface area contributed by atoms with Crippen molar-refractivity contribution in [3.05, 3.63) is 29.8 Å². The van der Waals surface area contributed by atoms with Crippen LogP contribution in [0.15, 0.2) is 24.3 Å². The second-order valence-electron chi connectivity index (χ2n) is 7.99. The Kier molecular flexibility index (Phi) is 9.80. The molecule has 5 N–H and O–H groups in total. The molecule has 9 nitrogen and oxygen atoms in total. The average Bonchev–Trinajstić information content (AvgIpc) is 2.60. The molecule has 1 rings (SSSR count). The van der Waals surface area contributed by atoms with Gasteiger partial charge in [-0.15, -0.1) is 0 Å². The summed E-state index contributed by atoms with van der Waals surface area (Å²) in [6.45, 7) is 5.10. The van der Waals surface area contributed by atoms with Gasteiger partial charge in [-0.05, 0) is 64.2 Å². The molecule has 1 atom stereocenters. The van der Waals surface area contributed by atoms with E-state index in [-0.39, 0.29) is 19.3 Å². The van der Waals surface area contributed by atoms with E-state index in [0.717, 1.165) is 5.56 Å². The van der Waals surface area contributed by atoms with E-state index in [1.807, 2.05) is 6.07 Å². The molecule has 0 saturated carbocycles. The van der Waals surface area contributed by atoms with Crippen LogP contribution >= 0.6 is 0 Å². The minimum absolute atomic E-state index is 0.0370. The lowest BCUT2D eigenvalue weighted by Crippen LogP contribution is -2.46. The van der Waals surface area contributed by atoms with Gasteiger partial charge in [0.2, 0.25) is 11.8 Å². The molecule has 3 amide bonds. The van der Waals surface area contributed by atoms with Crippen LogP contribution in [-0.4, -0.2) is 40.6 Å². The molecule has 0 heterocycles.